The number of hydrogen-bond donors (Lipinski definition) is 2. The second-order valence-electron chi connectivity index (χ2n) is 5.33. The molecule has 0 radical (unpaired) electrons. The molecule has 2 amide bonds. The minimum absolute atomic E-state index is 0.0739. The van der Waals surface area contributed by atoms with E-state index in [0.717, 1.165) is 0 Å². The van der Waals surface area contributed by atoms with Crippen molar-refractivity contribution in [2.75, 3.05) is 6.54 Å². The summed E-state index contributed by atoms with van der Waals surface area (Å²) in [6, 6.07) is 11.6. The Morgan fingerprint density at radius 1 is 1.04 bits per heavy atom. The van der Waals surface area contributed by atoms with Crippen molar-refractivity contribution in [3.63, 3.8) is 0 Å². The highest BCUT2D eigenvalue weighted by Gasteiger charge is 2.15. The summed E-state index contributed by atoms with van der Waals surface area (Å²) in [4.78, 5) is 23.9. The normalized spacial score (nSPS) is 10.5. The molecule has 0 saturated heterocycles. The summed E-state index contributed by atoms with van der Waals surface area (Å²) < 4.78 is 10.6. The molecule has 0 unspecified atom stereocenters. The molecule has 1 aromatic carbocycles. The number of benzene rings is 1. The van der Waals surface area contributed by atoms with Gasteiger partial charge in [0.1, 0.15) is 11.5 Å². The maximum Gasteiger partial charge on any atom is 0.287 e. The molecule has 2 heterocycles. The number of nitrogens with one attached hydrogen (secondary N) is 2. The van der Waals surface area contributed by atoms with Gasteiger partial charge in [0.15, 0.2) is 5.76 Å². The maximum absolute atomic E-state index is 12.1. The summed E-state index contributed by atoms with van der Waals surface area (Å²) in [7, 11) is 0. The standard InChI is InChI=1S/C18H14Cl2N2O4/c19-11-3-4-13(14(20)8-11)15-5-6-16(26-15)18(24)22-10-17(23)21-9-12-2-1-7-25-12/h1-8H,9-10H2,(H,21,23)(H,22,24). The summed E-state index contributed by atoms with van der Waals surface area (Å²) in [5, 5.41) is 6.03. The topological polar surface area (TPSA) is 84.5 Å². The van der Waals surface area contributed by atoms with Crippen LogP contribution in [0.3, 0.4) is 0 Å². The number of carbonyl (C=O) groups excluding carboxylic acids is 2. The van der Waals surface area contributed by atoms with Gasteiger partial charge in [0.2, 0.25) is 5.91 Å². The Labute approximate surface area is 159 Å². The van der Waals surface area contributed by atoms with Crippen molar-refractivity contribution in [2.45, 2.75) is 6.54 Å². The smallest absolute Gasteiger partial charge is 0.287 e. The van der Waals surface area contributed by atoms with Crippen molar-refractivity contribution in [3.8, 4) is 11.3 Å². The molecule has 8 heteroatoms. The molecule has 0 bridgehead atoms. The van der Waals surface area contributed by atoms with E-state index in [1.165, 1.54) is 12.3 Å². The van der Waals surface area contributed by atoms with E-state index in [9.17, 15) is 9.59 Å². The van der Waals surface area contributed by atoms with Crippen LogP contribution < -0.4 is 10.6 Å². The predicted molar refractivity (Wildman–Crippen MR) is 97.1 cm³/mol. The highest BCUT2D eigenvalue weighted by atomic mass is 35.5. The molecule has 0 aliphatic carbocycles. The molecule has 3 rings (SSSR count). The van der Waals surface area contributed by atoms with Crippen LogP contribution in [0, 0.1) is 0 Å². The number of halogens is 2. The van der Waals surface area contributed by atoms with E-state index in [-0.39, 0.29) is 24.8 Å². The van der Waals surface area contributed by atoms with Crippen molar-refractivity contribution in [2.24, 2.45) is 0 Å². The molecule has 3 aromatic rings. The molecule has 2 N–H and O–H groups in total. The molecule has 0 fully saturated rings. The van der Waals surface area contributed by atoms with E-state index < -0.39 is 5.91 Å². The van der Waals surface area contributed by atoms with Gasteiger partial charge in [-0.1, -0.05) is 23.2 Å². The van der Waals surface area contributed by atoms with Crippen molar-refractivity contribution in [3.05, 3.63) is 70.3 Å². The third-order valence-electron chi connectivity index (χ3n) is 3.48. The molecule has 0 aliphatic rings. The van der Waals surface area contributed by atoms with Gasteiger partial charge in [0, 0.05) is 10.6 Å². The van der Waals surface area contributed by atoms with Crippen LogP contribution in [0.5, 0.6) is 0 Å². The molecule has 0 atom stereocenters. The van der Waals surface area contributed by atoms with Gasteiger partial charge in [-0.2, -0.15) is 0 Å². The highest BCUT2D eigenvalue weighted by Crippen LogP contribution is 2.31. The van der Waals surface area contributed by atoms with Gasteiger partial charge in [0.25, 0.3) is 5.91 Å². The first-order valence-electron chi connectivity index (χ1n) is 7.65. The predicted octanol–water partition coefficient (Wildman–Crippen LogP) is 3.89. The maximum atomic E-state index is 12.1. The van der Waals surface area contributed by atoms with E-state index in [2.05, 4.69) is 10.6 Å². The molecule has 0 saturated carbocycles. The Bertz CT molecular complexity index is 919. The average Bonchev–Trinajstić information content (AvgIpc) is 3.29. The Morgan fingerprint density at radius 2 is 1.88 bits per heavy atom. The molecular formula is C18H14Cl2N2O4. The van der Waals surface area contributed by atoms with Crippen molar-refractivity contribution in [1.29, 1.82) is 0 Å². The van der Waals surface area contributed by atoms with Crippen LogP contribution >= 0.6 is 23.2 Å². The molecule has 26 heavy (non-hydrogen) atoms. The molecule has 134 valence electrons. The monoisotopic (exact) mass is 392 g/mol. The van der Waals surface area contributed by atoms with E-state index >= 15 is 0 Å². The third-order valence-corrected chi connectivity index (χ3v) is 4.02. The second kappa shape index (κ2) is 8.12. The van der Waals surface area contributed by atoms with Gasteiger partial charge in [-0.05, 0) is 42.5 Å². The SMILES string of the molecule is O=C(CNC(=O)c1ccc(-c2ccc(Cl)cc2Cl)o1)NCc1ccco1. The van der Waals surface area contributed by atoms with Crippen LogP contribution in [0.1, 0.15) is 16.3 Å². The summed E-state index contributed by atoms with van der Waals surface area (Å²) in [6.07, 6.45) is 1.52. The van der Waals surface area contributed by atoms with Crippen molar-refractivity contribution < 1.29 is 18.4 Å². The van der Waals surface area contributed by atoms with Gasteiger partial charge in [0.05, 0.1) is 24.4 Å². The zero-order chi connectivity index (χ0) is 18.5. The zero-order valence-corrected chi connectivity index (χ0v) is 14.9. The van der Waals surface area contributed by atoms with Gasteiger partial charge in [-0.15, -0.1) is 0 Å². The minimum atomic E-state index is -0.505. The molecule has 0 spiro atoms. The number of furan rings is 2. The first-order valence-corrected chi connectivity index (χ1v) is 8.41. The fourth-order valence-corrected chi connectivity index (χ4v) is 2.70. The lowest BCUT2D eigenvalue weighted by atomic mass is 10.2. The number of rotatable bonds is 6. The van der Waals surface area contributed by atoms with E-state index in [0.29, 0.717) is 27.1 Å². The first-order chi connectivity index (χ1) is 12.5. The molecular weight excluding hydrogens is 379 g/mol. The summed E-state index contributed by atoms with van der Waals surface area (Å²) in [5.74, 6) is 0.279. The van der Waals surface area contributed by atoms with E-state index in [1.807, 2.05) is 0 Å². The molecule has 6 nitrogen and oxygen atoms in total. The summed E-state index contributed by atoms with van der Waals surface area (Å²) in [5.41, 5.74) is 0.617. The van der Waals surface area contributed by atoms with Crippen molar-refractivity contribution in [1.82, 2.24) is 10.6 Å². The Kier molecular flexibility index (Phi) is 5.65. The average molecular weight is 393 g/mol. The van der Waals surface area contributed by atoms with Crippen LogP contribution in [0.25, 0.3) is 11.3 Å². The number of amides is 2. The quantitative estimate of drug-likeness (QED) is 0.666. The van der Waals surface area contributed by atoms with Crippen LogP contribution in [0.2, 0.25) is 10.0 Å². The number of carbonyl (C=O) groups is 2. The Morgan fingerprint density at radius 3 is 2.62 bits per heavy atom. The van der Waals surface area contributed by atoms with Crippen LogP contribution in [-0.2, 0) is 11.3 Å². The summed E-state index contributed by atoms with van der Waals surface area (Å²) >= 11 is 12.0. The molecule has 0 aliphatic heterocycles. The zero-order valence-electron chi connectivity index (χ0n) is 13.4. The largest absolute Gasteiger partial charge is 0.467 e. The lowest BCUT2D eigenvalue weighted by Crippen LogP contribution is -2.36. The van der Waals surface area contributed by atoms with Gasteiger partial charge < -0.3 is 19.5 Å². The number of hydrogen-bond acceptors (Lipinski definition) is 4. The fraction of sp³-hybridized carbons (Fsp3) is 0.111. The van der Waals surface area contributed by atoms with Gasteiger partial charge >= 0.3 is 0 Å². The Balaban J connectivity index is 1.55. The molecule has 2 aromatic heterocycles. The minimum Gasteiger partial charge on any atom is -0.467 e. The van der Waals surface area contributed by atoms with E-state index in [4.69, 9.17) is 32.0 Å². The van der Waals surface area contributed by atoms with Crippen LogP contribution in [-0.4, -0.2) is 18.4 Å². The van der Waals surface area contributed by atoms with Gasteiger partial charge in [-0.25, -0.2) is 0 Å². The lowest BCUT2D eigenvalue weighted by molar-refractivity contribution is -0.120. The fourth-order valence-electron chi connectivity index (χ4n) is 2.20. The van der Waals surface area contributed by atoms with Crippen LogP contribution in [0.4, 0.5) is 0 Å². The van der Waals surface area contributed by atoms with E-state index in [1.54, 1.807) is 36.4 Å². The third kappa shape index (κ3) is 4.47. The summed E-state index contributed by atoms with van der Waals surface area (Å²) in [6.45, 7) is 0.0684. The first kappa shape index (κ1) is 18.1. The second-order valence-corrected chi connectivity index (χ2v) is 6.17. The van der Waals surface area contributed by atoms with Gasteiger partial charge in [-0.3, -0.25) is 9.59 Å². The Hall–Kier alpha value is -2.70. The lowest BCUT2D eigenvalue weighted by Gasteiger charge is -2.05. The van der Waals surface area contributed by atoms with Crippen molar-refractivity contribution >= 4 is 35.0 Å². The van der Waals surface area contributed by atoms with Crippen LogP contribution in [0.15, 0.2) is 57.6 Å². The highest BCUT2D eigenvalue weighted by molar-refractivity contribution is 6.36.